The number of carboxylic acid groups (broad SMARTS) is 1. The molecule has 1 aliphatic carbocycles. The first-order valence-electron chi connectivity index (χ1n) is 5.31. The Kier molecular flexibility index (Phi) is 3.87. The molecule has 0 radical (unpaired) electrons. The monoisotopic (exact) mass is 216 g/mol. The van der Waals surface area contributed by atoms with E-state index in [0.717, 1.165) is 19.3 Å². The predicted octanol–water partition coefficient (Wildman–Crippen LogP) is 2.98. The Labute approximate surface area is 91.5 Å². The van der Waals surface area contributed by atoms with Gasteiger partial charge in [0.1, 0.15) is 0 Å². The fourth-order valence-electron chi connectivity index (χ4n) is 2.11. The molecule has 1 N–H and O–H groups in total. The Morgan fingerprint density at radius 2 is 2.00 bits per heavy atom. The van der Waals surface area contributed by atoms with Gasteiger partial charge in [0.15, 0.2) is 0 Å². The number of hydrogen-bond acceptors (Lipinski definition) is 2. The van der Waals surface area contributed by atoms with Gasteiger partial charge in [0, 0.05) is 0 Å². The summed E-state index contributed by atoms with van der Waals surface area (Å²) in [7, 11) is 0. The second kappa shape index (κ2) is 4.56. The molecule has 0 saturated heterocycles. The Balaban J connectivity index is 2.32. The zero-order chi connectivity index (χ0) is 10.8. The molecule has 1 saturated carbocycles. The van der Waals surface area contributed by atoms with Crippen LogP contribution in [-0.2, 0) is 4.79 Å². The number of carbonyl (C=O) groups is 1. The van der Waals surface area contributed by atoms with E-state index in [0.29, 0.717) is 11.3 Å². The first-order chi connectivity index (χ1) is 6.41. The van der Waals surface area contributed by atoms with Crippen molar-refractivity contribution in [3.05, 3.63) is 0 Å². The van der Waals surface area contributed by atoms with Crippen LogP contribution in [0.4, 0.5) is 0 Å². The molecule has 0 amide bonds. The van der Waals surface area contributed by atoms with Crippen molar-refractivity contribution < 1.29 is 9.90 Å². The average Bonchev–Trinajstić information content (AvgIpc) is 2.08. The summed E-state index contributed by atoms with van der Waals surface area (Å²) in [6.45, 7) is 4.58. The van der Waals surface area contributed by atoms with Crippen molar-refractivity contribution in [1.29, 1.82) is 0 Å². The zero-order valence-electron chi connectivity index (χ0n) is 8.99. The van der Waals surface area contributed by atoms with Gasteiger partial charge < -0.3 is 5.11 Å². The van der Waals surface area contributed by atoms with E-state index < -0.39 is 11.2 Å². The standard InChI is InChI=1S/C11H20O2S/c1-11(2)5-3-8(4-6-11)7-9(14)10(12)13/h8-9,14H,3-7H2,1-2H3,(H,12,13). The Morgan fingerprint density at radius 1 is 1.50 bits per heavy atom. The van der Waals surface area contributed by atoms with Gasteiger partial charge in [0.25, 0.3) is 0 Å². The maximum Gasteiger partial charge on any atom is 0.316 e. The summed E-state index contributed by atoms with van der Waals surface area (Å²) in [6.07, 6.45) is 5.50. The van der Waals surface area contributed by atoms with Gasteiger partial charge in [0.05, 0.1) is 5.25 Å². The van der Waals surface area contributed by atoms with Gasteiger partial charge in [-0.3, -0.25) is 4.79 Å². The van der Waals surface area contributed by atoms with Gasteiger partial charge in [-0.15, -0.1) is 0 Å². The van der Waals surface area contributed by atoms with Crippen molar-refractivity contribution in [2.45, 2.75) is 51.2 Å². The van der Waals surface area contributed by atoms with Crippen LogP contribution in [0, 0.1) is 11.3 Å². The summed E-state index contributed by atoms with van der Waals surface area (Å²) >= 11 is 4.08. The predicted molar refractivity (Wildman–Crippen MR) is 60.8 cm³/mol. The molecule has 0 heterocycles. The first kappa shape index (κ1) is 11.9. The quantitative estimate of drug-likeness (QED) is 0.712. The molecular formula is C11H20O2S. The van der Waals surface area contributed by atoms with E-state index in [1.807, 2.05) is 0 Å². The van der Waals surface area contributed by atoms with Crippen molar-refractivity contribution in [3.63, 3.8) is 0 Å². The lowest BCUT2D eigenvalue weighted by Gasteiger charge is -2.34. The smallest absolute Gasteiger partial charge is 0.316 e. The van der Waals surface area contributed by atoms with Crippen LogP contribution in [0.5, 0.6) is 0 Å². The molecule has 2 nitrogen and oxygen atoms in total. The average molecular weight is 216 g/mol. The van der Waals surface area contributed by atoms with Crippen molar-refractivity contribution in [2.24, 2.45) is 11.3 Å². The van der Waals surface area contributed by atoms with Crippen LogP contribution in [0.3, 0.4) is 0 Å². The maximum atomic E-state index is 10.6. The van der Waals surface area contributed by atoms with Crippen LogP contribution in [-0.4, -0.2) is 16.3 Å². The third kappa shape index (κ3) is 3.52. The molecule has 0 aliphatic heterocycles. The van der Waals surface area contributed by atoms with E-state index in [4.69, 9.17) is 5.11 Å². The highest BCUT2D eigenvalue weighted by atomic mass is 32.1. The minimum atomic E-state index is -0.779. The normalized spacial score (nSPS) is 24.5. The molecule has 0 bridgehead atoms. The summed E-state index contributed by atoms with van der Waals surface area (Å²) in [5.41, 5.74) is 0.464. The highest BCUT2D eigenvalue weighted by Gasteiger charge is 2.28. The van der Waals surface area contributed by atoms with Gasteiger partial charge in [-0.05, 0) is 43.4 Å². The second-order valence-corrected chi connectivity index (χ2v) is 5.82. The van der Waals surface area contributed by atoms with Crippen LogP contribution in [0.2, 0.25) is 0 Å². The Morgan fingerprint density at radius 3 is 2.43 bits per heavy atom. The Hall–Kier alpha value is -0.180. The Bertz CT molecular complexity index is 203. The third-order valence-corrected chi connectivity index (χ3v) is 3.73. The lowest BCUT2D eigenvalue weighted by molar-refractivity contribution is -0.136. The van der Waals surface area contributed by atoms with E-state index in [9.17, 15) is 4.79 Å². The highest BCUT2D eigenvalue weighted by molar-refractivity contribution is 7.81. The van der Waals surface area contributed by atoms with Gasteiger partial charge in [-0.1, -0.05) is 13.8 Å². The summed E-state index contributed by atoms with van der Waals surface area (Å²) in [6, 6.07) is 0. The minimum absolute atomic E-state index is 0.464. The second-order valence-electron chi connectivity index (χ2n) is 5.20. The fraction of sp³-hybridized carbons (Fsp3) is 0.909. The molecule has 0 aromatic rings. The van der Waals surface area contributed by atoms with Gasteiger partial charge in [-0.2, -0.15) is 12.6 Å². The molecule has 0 aromatic carbocycles. The number of rotatable bonds is 3. The topological polar surface area (TPSA) is 37.3 Å². The van der Waals surface area contributed by atoms with E-state index in [1.54, 1.807) is 0 Å². The summed E-state index contributed by atoms with van der Waals surface area (Å²) in [4.78, 5) is 10.6. The van der Waals surface area contributed by atoms with Crippen LogP contribution in [0.1, 0.15) is 46.0 Å². The molecule has 1 fully saturated rings. The number of thiol groups is 1. The maximum absolute atomic E-state index is 10.6. The van der Waals surface area contributed by atoms with Crippen LogP contribution in [0.25, 0.3) is 0 Å². The van der Waals surface area contributed by atoms with Gasteiger partial charge in [0.2, 0.25) is 0 Å². The molecule has 3 heteroatoms. The molecule has 14 heavy (non-hydrogen) atoms. The molecule has 1 aliphatic rings. The van der Waals surface area contributed by atoms with E-state index in [1.165, 1.54) is 12.8 Å². The van der Waals surface area contributed by atoms with Gasteiger partial charge in [-0.25, -0.2) is 0 Å². The lowest BCUT2D eigenvalue weighted by atomic mass is 9.72. The third-order valence-electron chi connectivity index (χ3n) is 3.30. The van der Waals surface area contributed by atoms with Crippen molar-refractivity contribution in [3.8, 4) is 0 Å². The van der Waals surface area contributed by atoms with Crippen molar-refractivity contribution in [1.82, 2.24) is 0 Å². The number of hydrogen-bond donors (Lipinski definition) is 2. The highest BCUT2D eigenvalue weighted by Crippen LogP contribution is 2.39. The van der Waals surface area contributed by atoms with Crippen LogP contribution < -0.4 is 0 Å². The molecule has 1 unspecified atom stereocenters. The van der Waals surface area contributed by atoms with Crippen molar-refractivity contribution in [2.75, 3.05) is 0 Å². The molecule has 82 valence electrons. The summed E-state index contributed by atoms with van der Waals surface area (Å²) < 4.78 is 0. The summed E-state index contributed by atoms with van der Waals surface area (Å²) in [5.74, 6) is -0.209. The molecule has 0 aromatic heterocycles. The van der Waals surface area contributed by atoms with Crippen LogP contribution >= 0.6 is 12.6 Å². The molecule has 1 atom stereocenters. The number of carboxylic acids is 1. The fourth-order valence-corrected chi connectivity index (χ4v) is 2.41. The van der Waals surface area contributed by atoms with E-state index >= 15 is 0 Å². The molecule has 1 rings (SSSR count). The zero-order valence-corrected chi connectivity index (χ0v) is 9.89. The molecular weight excluding hydrogens is 196 g/mol. The summed E-state index contributed by atoms with van der Waals surface area (Å²) in [5, 5.41) is 8.27. The van der Waals surface area contributed by atoms with E-state index in [-0.39, 0.29) is 0 Å². The number of aliphatic carboxylic acids is 1. The van der Waals surface area contributed by atoms with E-state index in [2.05, 4.69) is 26.5 Å². The SMILES string of the molecule is CC1(C)CCC(CC(S)C(=O)O)CC1. The van der Waals surface area contributed by atoms with Crippen molar-refractivity contribution >= 4 is 18.6 Å². The minimum Gasteiger partial charge on any atom is -0.480 e. The van der Waals surface area contributed by atoms with Crippen LogP contribution in [0.15, 0.2) is 0 Å². The molecule has 0 spiro atoms. The largest absolute Gasteiger partial charge is 0.480 e. The van der Waals surface area contributed by atoms with Gasteiger partial charge >= 0.3 is 5.97 Å². The first-order valence-corrected chi connectivity index (χ1v) is 5.83. The lowest BCUT2D eigenvalue weighted by Crippen LogP contribution is -2.25.